The first-order valence-electron chi connectivity index (χ1n) is 5.00. The number of hydrogen-bond acceptors (Lipinski definition) is 3. The van der Waals surface area contributed by atoms with Crippen molar-refractivity contribution >= 4 is 17.4 Å². The van der Waals surface area contributed by atoms with Gasteiger partial charge in [-0.15, -0.1) is 11.3 Å². The van der Waals surface area contributed by atoms with Crippen LogP contribution in [0.5, 0.6) is 0 Å². The molecule has 1 fully saturated rings. The van der Waals surface area contributed by atoms with Gasteiger partial charge in [-0.1, -0.05) is 6.07 Å². The molecule has 1 amide bonds. The summed E-state index contributed by atoms with van der Waals surface area (Å²) >= 11 is 1.68. The van der Waals surface area contributed by atoms with E-state index in [9.17, 15) is 4.79 Å². The SMILES string of the molecule is O=C(O)N1CCNCC1Cc1cccs1. The smallest absolute Gasteiger partial charge is 0.407 e. The number of piperazine rings is 1. The van der Waals surface area contributed by atoms with E-state index in [1.54, 1.807) is 11.3 Å². The lowest BCUT2D eigenvalue weighted by molar-refractivity contribution is 0.112. The molecule has 2 N–H and O–H groups in total. The monoisotopic (exact) mass is 226 g/mol. The molecule has 0 saturated carbocycles. The molecule has 15 heavy (non-hydrogen) atoms. The molecule has 1 aliphatic heterocycles. The second-order valence-corrected chi connectivity index (χ2v) is 4.65. The van der Waals surface area contributed by atoms with Crippen LogP contribution in [-0.2, 0) is 6.42 Å². The molecule has 4 nitrogen and oxygen atoms in total. The summed E-state index contributed by atoms with van der Waals surface area (Å²) in [5.41, 5.74) is 0. The number of nitrogens with one attached hydrogen (secondary N) is 1. The Kier molecular flexibility index (Phi) is 3.23. The van der Waals surface area contributed by atoms with E-state index >= 15 is 0 Å². The van der Waals surface area contributed by atoms with Gasteiger partial charge >= 0.3 is 6.09 Å². The Labute approximate surface area is 92.5 Å². The number of carboxylic acid groups (broad SMARTS) is 1. The minimum Gasteiger partial charge on any atom is -0.465 e. The summed E-state index contributed by atoms with van der Waals surface area (Å²) in [6, 6.07) is 4.13. The molecule has 2 heterocycles. The van der Waals surface area contributed by atoms with E-state index in [-0.39, 0.29) is 6.04 Å². The van der Waals surface area contributed by atoms with Crippen LogP contribution in [0.25, 0.3) is 0 Å². The van der Waals surface area contributed by atoms with Gasteiger partial charge in [0.1, 0.15) is 0 Å². The van der Waals surface area contributed by atoms with Crippen LogP contribution in [0.3, 0.4) is 0 Å². The van der Waals surface area contributed by atoms with Gasteiger partial charge in [0.25, 0.3) is 0 Å². The molecule has 0 radical (unpaired) electrons. The zero-order valence-corrected chi connectivity index (χ0v) is 9.17. The van der Waals surface area contributed by atoms with Crippen molar-refractivity contribution < 1.29 is 9.90 Å². The molecular weight excluding hydrogens is 212 g/mol. The zero-order valence-electron chi connectivity index (χ0n) is 8.35. The first-order chi connectivity index (χ1) is 7.27. The Morgan fingerprint density at radius 3 is 3.27 bits per heavy atom. The Balaban J connectivity index is 2.02. The van der Waals surface area contributed by atoms with E-state index in [0.29, 0.717) is 6.54 Å². The fraction of sp³-hybridized carbons (Fsp3) is 0.500. The summed E-state index contributed by atoms with van der Waals surface area (Å²) in [7, 11) is 0. The molecule has 2 rings (SSSR count). The van der Waals surface area contributed by atoms with Crippen molar-refractivity contribution in [2.75, 3.05) is 19.6 Å². The highest BCUT2D eigenvalue weighted by atomic mass is 32.1. The zero-order chi connectivity index (χ0) is 10.7. The van der Waals surface area contributed by atoms with Gasteiger partial charge in [-0.2, -0.15) is 0 Å². The van der Waals surface area contributed by atoms with E-state index in [2.05, 4.69) is 11.4 Å². The minimum atomic E-state index is -0.807. The van der Waals surface area contributed by atoms with Crippen molar-refractivity contribution in [3.05, 3.63) is 22.4 Å². The van der Waals surface area contributed by atoms with Crippen molar-refractivity contribution in [3.63, 3.8) is 0 Å². The molecule has 0 aromatic carbocycles. The molecule has 1 aromatic rings. The van der Waals surface area contributed by atoms with E-state index < -0.39 is 6.09 Å². The van der Waals surface area contributed by atoms with Crippen molar-refractivity contribution in [2.24, 2.45) is 0 Å². The maximum atomic E-state index is 11.0. The number of amides is 1. The third kappa shape index (κ3) is 2.49. The molecule has 1 saturated heterocycles. The summed E-state index contributed by atoms with van der Waals surface area (Å²) in [6.07, 6.45) is 0.00908. The lowest BCUT2D eigenvalue weighted by Crippen LogP contribution is -2.54. The second-order valence-electron chi connectivity index (χ2n) is 3.62. The lowest BCUT2D eigenvalue weighted by Gasteiger charge is -2.33. The topological polar surface area (TPSA) is 52.6 Å². The van der Waals surface area contributed by atoms with Gasteiger partial charge in [-0.3, -0.25) is 0 Å². The van der Waals surface area contributed by atoms with Crippen LogP contribution in [0.15, 0.2) is 17.5 Å². The standard InChI is InChI=1S/C10H14N2O2S/c13-10(14)12-4-3-11-7-8(12)6-9-2-1-5-15-9/h1-2,5,8,11H,3-4,6-7H2,(H,13,14). The van der Waals surface area contributed by atoms with Gasteiger partial charge in [0, 0.05) is 30.9 Å². The second kappa shape index (κ2) is 4.63. The molecule has 0 spiro atoms. The lowest BCUT2D eigenvalue weighted by atomic mass is 10.1. The Hall–Kier alpha value is -1.07. The highest BCUT2D eigenvalue weighted by Crippen LogP contribution is 2.15. The Morgan fingerprint density at radius 2 is 2.60 bits per heavy atom. The van der Waals surface area contributed by atoms with Crippen LogP contribution < -0.4 is 5.32 Å². The van der Waals surface area contributed by atoms with E-state index in [1.165, 1.54) is 9.78 Å². The summed E-state index contributed by atoms with van der Waals surface area (Å²) in [5, 5.41) is 14.3. The average Bonchev–Trinajstić information content (AvgIpc) is 2.71. The fourth-order valence-corrected chi connectivity index (χ4v) is 2.63. The molecule has 0 aliphatic carbocycles. The highest BCUT2D eigenvalue weighted by Gasteiger charge is 2.26. The van der Waals surface area contributed by atoms with Gasteiger partial charge in [-0.25, -0.2) is 4.79 Å². The minimum absolute atomic E-state index is 0.0786. The van der Waals surface area contributed by atoms with Crippen molar-refractivity contribution in [1.82, 2.24) is 10.2 Å². The first-order valence-corrected chi connectivity index (χ1v) is 5.88. The maximum absolute atomic E-state index is 11.0. The quantitative estimate of drug-likeness (QED) is 0.797. The summed E-state index contributed by atoms with van der Waals surface area (Å²) in [4.78, 5) is 13.8. The normalized spacial score (nSPS) is 21.6. The van der Waals surface area contributed by atoms with Gasteiger partial charge in [0.2, 0.25) is 0 Å². The van der Waals surface area contributed by atoms with E-state index in [1.807, 2.05) is 11.4 Å². The van der Waals surface area contributed by atoms with Crippen LogP contribution in [0, 0.1) is 0 Å². The maximum Gasteiger partial charge on any atom is 0.407 e. The van der Waals surface area contributed by atoms with Crippen LogP contribution in [0.1, 0.15) is 4.88 Å². The molecule has 1 atom stereocenters. The van der Waals surface area contributed by atoms with Crippen LogP contribution in [-0.4, -0.2) is 41.8 Å². The molecule has 0 bridgehead atoms. The number of rotatable bonds is 2. The predicted octanol–water partition coefficient (Wildman–Crippen LogP) is 1.24. The van der Waals surface area contributed by atoms with Crippen molar-refractivity contribution in [2.45, 2.75) is 12.5 Å². The van der Waals surface area contributed by atoms with Crippen LogP contribution in [0.2, 0.25) is 0 Å². The van der Waals surface area contributed by atoms with E-state index in [0.717, 1.165) is 19.5 Å². The van der Waals surface area contributed by atoms with Crippen molar-refractivity contribution in [1.29, 1.82) is 0 Å². The molecule has 1 aromatic heterocycles. The Morgan fingerprint density at radius 1 is 1.73 bits per heavy atom. The first kappa shape index (κ1) is 10.4. The number of nitrogens with zero attached hydrogens (tertiary/aromatic N) is 1. The average molecular weight is 226 g/mol. The number of carbonyl (C=O) groups is 1. The molecule has 82 valence electrons. The molecular formula is C10H14N2O2S. The van der Waals surface area contributed by atoms with Crippen LogP contribution in [0.4, 0.5) is 4.79 Å². The summed E-state index contributed by atoms with van der Waals surface area (Å²) in [5.74, 6) is 0. The van der Waals surface area contributed by atoms with Crippen LogP contribution >= 0.6 is 11.3 Å². The van der Waals surface area contributed by atoms with Gasteiger partial charge in [0.05, 0.1) is 6.04 Å². The fourth-order valence-electron chi connectivity index (χ4n) is 1.86. The number of hydrogen-bond donors (Lipinski definition) is 2. The predicted molar refractivity (Wildman–Crippen MR) is 59.4 cm³/mol. The van der Waals surface area contributed by atoms with Gasteiger partial charge < -0.3 is 15.3 Å². The molecule has 1 unspecified atom stereocenters. The van der Waals surface area contributed by atoms with Gasteiger partial charge in [0.15, 0.2) is 0 Å². The van der Waals surface area contributed by atoms with E-state index in [4.69, 9.17) is 5.11 Å². The van der Waals surface area contributed by atoms with Crippen molar-refractivity contribution in [3.8, 4) is 0 Å². The summed E-state index contributed by atoms with van der Waals surface area (Å²) < 4.78 is 0. The summed E-state index contributed by atoms with van der Waals surface area (Å²) in [6.45, 7) is 2.10. The third-order valence-corrected chi connectivity index (χ3v) is 3.51. The highest BCUT2D eigenvalue weighted by molar-refractivity contribution is 7.09. The Bertz CT molecular complexity index is 326. The molecule has 5 heteroatoms. The largest absolute Gasteiger partial charge is 0.465 e. The number of thiophene rings is 1. The molecule has 1 aliphatic rings. The third-order valence-electron chi connectivity index (χ3n) is 2.61. The van der Waals surface area contributed by atoms with Gasteiger partial charge in [-0.05, 0) is 11.4 Å².